The highest BCUT2D eigenvalue weighted by Crippen LogP contribution is 2.32. The van der Waals surface area contributed by atoms with E-state index in [-0.39, 0.29) is 0 Å². The van der Waals surface area contributed by atoms with Gasteiger partial charge in [0.2, 0.25) is 0 Å². The van der Waals surface area contributed by atoms with E-state index in [1.54, 1.807) is 0 Å². The summed E-state index contributed by atoms with van der Waals surface area (Å²) in [5.41, 5.74) is 2.80. The van der Waals surface area contributed by atoms with E-state index < -0.39 is 0 Å². The normalized spacial score (nSPS) is 24.9. The Labute approximate surface area is 143 Å². The zero-order valence-corrected chi connectivity index (χ0v) is 14.0. The molecule has 2 atom stereocenters. The van der Waals surface area contributed by atoms with Gasteiger partial charge in [0.05, 0.1) is 0 Å². The van der Waals surface area contributed by atoms with Gasteiger partial charge in [0.15, 0.2) is 0 Å². The second kappa shape index (κ2) is 6.64. The molecule has 0 spiro atoms. The Morgan fingerprint density at radius 2 is 1.70 bits per heavy atom. The van der Waals surface area contributed by atoms with Gasteiger partial charge in [-0.2, -0.15) is 0 Å². The van der Waals surface area contributed by atoms with Gasteiger partial charge in [0.25, 0.3) is 0 Å². The lowest BCUT2D eigenvalue weighted by Crippen LogP contribution is -2.36. The van der Waals surface area contributed by atoms with Crippen molar-refractivity contribution in [3.63, 3.8) is 0 Å². The molecule has 2 aliphatic rings. The van der Waals surface area contributed by atoms with Crippen LogP contribution in [-0.4, -0.2) is 30.1 Å². The summed E-state index contributed by atoms with van der Waals surface area (Å²) in [6.07, 6.45) is 2.67. The van der Waals surface area contributed by atoms with Crippen LogP contribution >= 0.6 is 11.6 Å². The third kappa shape index (κ3) is 3.77. The number of nitrogens with one attached hydrogen (secondary N) is 1. The standard InChI is InChI=1S/C20H23ClN2/c21-17-8-6-16(7-9-17)19-13-23(12-15-4-2-1-3-5-15)14-20(19)22-18-10-11-18/h1-9,18-20,22H,10-14H2. The molecule has 1 aliphatic carbocycles. The minimum Gasteiger partial charge on any atom is -0.309 e. The first kappa shape index (κ1) is 15.2. The van der Waals surface area contributed by atoms with Gasteiger partial charge in [-0.3, -0.25) is 4.90 Å². The predicted octanol–water partition coefficient (Wildman–Crippen LogP) is 4.06. The molecule has 1 N–H and O–H groups in total. The molecule has 120 valence electrons. The smallest absolute Gasteiger partial charge is 0.0406 e. The lowest BCUT2D eigenvalue weighted by atomic mass is 9.94. The lowest BCUT2D eigenvalue weighted by molar-refractivity contribution is 0.318. The van der Waals surface area contributed by atoms with E-state index in [9.17, 15) is 0 Å². The molecule has 1 saturated heterocycles. The fourth-order valence-electron chi connectivity index (χ4n) is 3.63. The Hall–Kier alpha value is -1.35. The number of benzene rings is 2. The average molecular weight is 327 g/mol. The van der Waals surface area contributed by atoms with Gasteiger partial charge in [0, 0.05) is 42.7 Å². The molecule has 4 rings (SSSR count). The lowest BCUT2D eigenvalue weighted by Gasteiger charge is -2.20. The second-order valence-corrected chi connectivity index (χ2v) is 7.32. The first-order valence-corrected chi connectivity index (χ1v) is 8.93. The molecule has 2 nitrogen and oxygen atoms in total. The van der Waals surface area contributed by atoms with E-state index in [0.717, 1.165) is 30.7 Å². The van der Waals surface area contributed by atoms with Crippen molar-refractivity contribution in [2.45, 2.75) is 37.4 Å². The number of hydrogen-bond donors (Lipinski definition) is 1. The van der Waals surface area contributed by atoms with Crippen molar-refractivity contribution < 1.29 is 0 Å². The third-order valence-corrected chi connectivity index (χ3v) is 5.22. The van der Waals surface area contributed by atoms with Gasteiger partial charge < -0.3 is 5.32 Å². The van der Waals surface area contributed by atoms with Crippen LogP contribution < -0.4 is 5.32 Å². The second-order valence-electron chi connectivity index (χ2n) is 6.89. The van der Waals surface area contributed by atoms with Crippen LogP contribution in [0.15, 0.2) is 54.6 Å². The SMILES string of the molecule is Clc1ccc(C2CN(Cc3ccccc3)CC2NC2CC2)cc1. The molecule has 0 bridgehead atoms. The van der Waals surface area contributed by atoms with Crippen molar-refractivity contribution in [2.75, 3.05) is 13.1 Å². The Balaban J connectivity index is 1.50. The van der Waals surface area contributed by atoms with Gasteiger partial charge in [-0.15, -0.1) is 0 Å². The summed E-state index contributed by atoms with van der Waals surface area (Å²) < 4.78 is 0. The van der Waals surface area contributed by atoms with Crippen LogP contribution in [0.25, 0.3) is 0 Å². The summed E-state index contributed by atoms with van der Waals surface area (Å²) in [4.78, 5) is 2.58. The fourth-order valence-corrected chi connectivity index (χ4v) is 3.75. The number of rotatable bonds is 5. The maximum absolute atomic E-state index is 6.06. The van der Waals surface area contributed by atoms with E-state index in [1.807, 2.05) is 12.1 Å². The zero-order chi connectivity index (χ0) is 15.6. The molecule has 2 aromatic carbocycles. The molecule has 3 heteroatoms. The van der Waals surface area contributed by atoms with E-state index in [4.69, 9.17) is 11.6 Å². The molecular weight excluding hydrogens is 304 g/mol. The Kier molecular flexibility index (Phi) is 4.39. The van der Waals surface area contributed by atoms with Gasteiger partial charge in [0.1, 0.15) is 0 Å². The Bertz CT molecular complexity index is 636. The van der Waals surface area contributed by atoms with Crippen LogP contribution in [0.1, 0.15) is 29.9 Å². The molecule has 2 aromatic rings. The summed E-state index contributed by atoms with van der Waals surface area (Å²) in [6.45, 7) is 3.27. The molecule has 23 heavy (non-hydrogen) atoms. The molecule has 0 aromatic heterocycles. The molecule has 0 amide bonds. The number of hydrogen-bond acceptors (Lipinski definition) is 2. The Morgan fingerprint density at radius 3 is 2.39 bits per heavy atom. The van der Waals surface area contributed by atoms with Crippen molar-refractivity contribution >= 4 is 11.6 Å². The summed E-state index contributed by atoms with van der Waals surface area (Å²) in [5, 5.41) is 4.68. The van der Waals surface area contributed by atoms with E-state index >= 15 is 0 Å². The average Bonchev–Trinajstić information content (AvgIpc) is 3.29. The minimum absolute atomic E-state index is 0.549. The van der Waals surface area contributed by atoms with Crippen molar-refractivity contribution in [1.82, 2.24) is 10.2 Å². The Morgan fingerprint density at radius 1 is 0.957 bits per heavy atom. The first-order chi connectivity index (χ1) is 11.3. The zero-order valence-electron chi connectivity index (χ0n) is 13.3. The van der Waals surface area contributed by atoms with Gasteiger partial charge in [-0.05, 0) is 36.1 Å². The summed E-state index contributed by atoms with van der Waals surface area (Å²) >= 11 is 6.06. The molecular formula is C20H23ClN2. The van der Waals surface area contributed by atoms with E-state index in [1.165, 1.54) is 24.0 Å². The maximum Gasteiger partial charge on any atom is 0.0406 e. The highest BCUT2D eigenvalue weighted by Gasteiger charge is 2.36. The first-order valence-electron chi connectivity index (χ1n) is 8.56. The van der Waals surface area contributed by atoms with Crippen LogP contribution in [0.4, 0.5) is 0 Å². The number of halogens is 1. The largest absolute Gasteiger partial charge is 0.309 e. The topological polar surface area (TPSA) is 15.3 Å². The monoisotopic (exact) mass is 326 g/mol. The third-order valence-electron chi connectivity index (χ3n) is 4.97. The quantitative estimate of drug-likeness (QED) is 0.891. The van der Waals surface area contributed by atoms with Crippen LogP contribution in [0.2, 0.25) is 5.02 Å². The van der Waals surface area contributed by atoms with Crippen LogP contribution in [0, 0.1) is 0 Å². The summed E-state index contributed by atoms with van der Waals surface area (Å²) in [6, 6.07) is 20.5. The van der Waals surface area contributed by atoms with Crippen molar-refractivity contribution in [2.24, 2.45) is 0 Å². The van der Waals surface area contributed by atoms with Crippen LogP contribution in [0.3, 0.4) is 0 Å². The van der Waals surface area contributed by atoms with Crippen LogP contribution in [0.5, 0.6) is 0 Å². The minimum atomic E-state index is 0.549. The number of nitrogens with zero attached hydrogens (tertiary/aromatic N) is 1. The predicted molar refractivity (Wildman–Crippen MR) is 95.9 cm³/mol. The fraction of sp³-hybridized carbons (Fsp3) is 0.400. The van der Waals surface area contributed by atoms with E-state index in [2.05, 4.69) is 52.7 Å². The number of likely N-dealkylation sites (tertiary alicyclic amines) is 1. The van der Waals surface area contributed by atoms with Crippen LogP contribution in [-0.2, 0) is 6.54 Å². The van der Waals surface area contributed by atoms with Crippen molar-refractivity contribution in [3.05, 3.63) is 70.7 Å². The van der Waals surface area contributed by atoms with Gasteiger partial charge >= 0.3 is 0 Å². The summed E-state index contributed by atoms with van der Waals surface area (Å²) in [5.74, 6) is 0.552. The molecule has 1 saturated carbocycles. The molecule has 2 fully saturated rings. The van der Waals surface area contributed by atoms with Crippen molar-refractivity contribution in [3.8, 4) is 0 Å². The maximum atomic E-state index is 6.06. The summed E-state index contributed by atoms with van der Waals surface area (Å²) in [7, 11) is 0. The molecule has 2 unspecified atom stereocenters. The highest BCUT2D eigenvalue weighted by atomic mass is 35.5. The molecule has 0 radical (unpaired) electrons. The van der Waals surface area contributed by atoms with E-state index in [0.29, 0.717) is 12.0 Å². The van der Waals surface area contributed by atoms with Gasteiger partial charge in [-0.1, -0.05) is 54.1 Å². The van der Waals surface area contributed by atoms with Crippen molar-refractivity contribution in [1.29, 1.82) is 0 Å². The van der Waals surface area contributed by atoms with Gasteiger partial charge in [-0.25, -0.2) is 0 Å². The highest BCUT2D eigenvalue weighted by molar-refractivity contribution is 6.30. The molecule has 1 aliphatic heterocycles. The molecule has 1 heterocycles.